The zero-order valence-corrected chi connectivity index (χ0v) is 12.7. The Kier molecular flexibility index (Phi) is 4.53. The third-order valence-corrected chi connectivity index (χ3v) is 3.84. The van der Waals surface area contributed by atoms with Crippen LogP contribution in [-0.2, 0) is 0 Å². The van der Waals surface area contributed by atoms with Gasteiger partial charge in [-0.1, -0.05) is 11.6 Å². The van der Waals surface area contributed by atoms with Crippen molar-refractivity contribution in [2.24, 2.45) is 0 Å². The first-order valence-electron chi connectivity index (χ1n) is 7.21. The minimum Gasteiger partial charge on any atom is -0.471 e. The monoisotopic (exact) mass is 317 g/mol. The summed E-state index contributed by atoms with van der Waals surface area (Å²) in [6.45, 7) is 1.29. The molecule has 2 heterocycles. The average Bonchev–Trinajstić information content (AvgIpc) is 2.56. The molecule has 1 unspecified atom stereocenters. The van der Waals surface area contributed by atoms with Gasteiger partial charge in [-0.15, -0.1) is 5.10 Å². The van der Waals surface area contributed by atoms with Crippen LogP contribution in [-0.4, -0.2) is 40.2 Å². The number of hydrogen-bond acceptors (Lipinski definition) is 4. The second-order valence-corrected chi connectivity index (χ2v) is 5.64. The van der Waals surface area contributed by atoms with Gasteiger partial charge in [0.05, 0.1) is 6.54 Å². The Hall–Kier alpha value is -2.14. The Morgan fingerprint density at radius 2 is 2.09 bits per heavy atom. The predicted molar refractivity (Wildman–Crippen MR) is 83.0 cm³/mol. The summed E-state index contributed by atoms with van der Waals surface area (Å²) >= 11 is 5.86. The van der Waals surface area contributed by atoms with Crippen molar-refractivity contribution in [1.82, 2.24) is 15.1 Å². The van der Waals surface area contributed by atoms with Gasteiger partial charge < -0.3 is 9.64 Å². The van der Waals surface area contributed by atoms with Crippen LogP contribution >= 0.6 is 11.6 Å². The van der Waals surface area contributed by atoms with Crippen molar-refractivity contribution in [1.29, 1.82) is 0 Å². The quantitative estimate of drug-likeness (QED) is 0.873. The van der Waals surface area contributed by atoms with Gasteiger partial charge in [0.2, 0.25) is 5.88 Å². The molecule has 5 nitrogen and oxygen atoms in total. The lowest BCUT2D eigenvalue weighted by Gasteiger charge is -2.32. The number of ether oxygens (including phenoxy) is 1. The summed E-state index contributed by atoms with van der Waals surface area (Å²) in [7, 11) is 0. The summed E-state index contributed by atoms with van der Waals surface area (Å²) in [6, 6.07) is 10.5. The molecule has 1 saturated heterocycles. The lowest BCUT2D eigenvalue weighted by atomic mass is 10.1. The molecule has 1 aromatic heterocycles. The van der Waals surface area contributed by atoms with Crippen LogP contribution in [0.3, 0.4) is 0 Å². The summed E-state index contributed by atoms with van der Waals surface area (Å²) in [6.07, 6.45) is 3.36. The van der Waals surface area contributed by atoms with Crippen LogP contribution in [0.5, 0.6) is 5.88 Å². The largest absolute Gasteiger partial charge is 0.471 e. The SMILES string of the molecule is O=C(c1ccc(Cl)cc1)N1CCCC(Oc2cccnn2)C1. The highest BCUT2D eigenvalue weighted by Gasteiger charge is 2.25. The maximum Gasteiger partial charge on any atom is 0.253 e. The molecule has 114 valence electrons. The molecule has 1 amide bonds. The van der Waals surface area contributed by atoms with E-state index in [-0.39, 0.29) is 12.0 Å². The van der Waals surface area contributed by atoms with Crippen molar-refractivity contribution >= 4 is 17.5 Å². The molecule has 22 heavy (non-hydrogen) atoms. The first-order valence-corrected chi connectivity index (χ1v) is 7.59. The summed E-state index contributed by atoms with van der Waals surface area (Å²) in [5.41, 5.74) is 0.643. The standard InChI is InChI=1S/C16H16ClN3O2/c17-13-7-5-12(6-8-13)16(21)20-10-2-3-14(11-20)22-15-4-1-9-18-19-15/h1,4-9,14H,2-3,10-11H2. The van der Waals surface area contributed by atoms with Gasteiger partial charge in [-0.05, 0) is 43.2 Å². The number of halogens is 1. The molecule has 3 rings (SSSR count). The van der Waals surface area contributed by atoms with Gasteiger partial charge in [0.25, 0.3) is 5.91 Å². The molecule has 1 aliphatic rings. The number of nitrogens with zero attached hydrogens (tertiary/aromatic N) is 3. The fourth-order valence-corrected chi connectivity index (χ4v) is 2.64. The van der Waals surface area contributed by atoms with Crippen molar-refractivity contribution in [3.63, 3.8) is 0 Å². The Bertz CT molecular complexity index is 634. The molecular formula is C16H16ClN3O2. The molecule has 1 fully saturated rings. The van der Waals surface area contributed by atoms with Gasteiger partial charge in [-0.3, -0.25) is 4.79 Å². The number of aromatic nitrogens is 2. The Morgan fingerprint density at radius 3 is 2.82 bits per heavy atom. The Balaban J connectivity index is 1.65. The van der Waals surface area contributed by atoms with E-state index in [0.29, 0.717) is 23.0 Å². The van der Waals surface area contributed by atoms with Crippen LogP contribution in [0.15, 0.2) is 42.6 Å². The van der Waals surface area contributed by atoms with Gasteiger partial charge in [0.1, 0.15) is 6.10 Å². The van der Waals surface area contributed by atoms with Crippen molar-refractivity contribution < 1.29 is 9.53 Å². The van der Waals surface area contributed by atoms with Crippen LogP contribution < -0.4 is 4.74 Å². The smallest absolute Gasteiger partial charge is 0.253 e. The first-order chi connectivity index (χ1) is 10.7. The molecule has 0 radical (unpaired) electrons. The molecule has 2 aromatic rings. The lowest BCUT2D eigenvalue weighted by molar-refractivity contribution is 0.0525. The second-order valence-electron chi connectivity index (χ2n) is 5.20. The lowest BCUT2D eigenvalue weighted by Crippen LogP contribution is -2.44. The minimum absolute atomic E-state index is 0.00381. The van der Waals surface area contributed by atoms with E-state index in [1.165, 1.54) is 0 Å². The van der Waals surface area contributed by atoms with E-state index in [2.05, 4.69) is 10.2 Å². The molecule has 0 aliphatic carbocycles. The summed E-state index contributed by atoms with van der Waals surface area (Å²) < 4.78 is 5.80. The van der Waals surface area contributed by atoms with Crippen molar-refractivity contribution in [3.05, 3.63) is 53.2 Å². The summed E-state index contributed by atoms with van der Waals surface area (Å²) in [5, 5.41) is 8.34. The van der Waals surface area contributed by atoms with Gasteiger partial charge in [0, 0.05) is 29.4 Å². The average molecular weight is 318 g/mol. The molecule has 0 N–H and O–H groups in total. The topological polar surface area (TPSA) is 55.3 Å². The van der Waals surface area contributed by atoms with Gasteiger partial charge >= 0.3 is 0 Å². The van der Waals surface area contributed by atoms with Crippen LogP contribution in [0.1, 0.15) is 23.2 Å². The third kappa shape index (κ3) is 3.54. The third-order valence-electron chi connectivity index (χ3n) is 3.59. The maximum atomic E-state index is 12.5. The summed E-state index contributed by atoms with van der Waals surface area (Å²) in [4.78, 5) is 14.3. The molecule has 1 atom stereocenters. The van der Waals surface area contributed by atoms with E-state index < -0.39 is 0 Å². The first kappa shape index (κ1) is 14.8. The number of carbonyl (C=O) groups is 1. The number of rotatable bonds is 3. The highest BCUT2D eigenvalue weighted by molar-refractivity contribution is 6.30. The van der Waals surface area contributed by atoms with Gasteiger partial charge in [-0.2, -0.15) is 5.10 Å². The Labute approximate surface area is 133 Å². The number of piperidine rings is 1. The van der Waals surface area contributed by atoms with Crippen LogP contribution in [0, 0.1) is 0 Å². The zero-order chi connectivity index (χ0) is 15.4. The molecule has 1 aromatic carbocycles. The highest BCUT2D eigenvalue weighted by Crippen LogP contribution is 2.19. The Morgan fingerprint density at radius 1 is 1.27 bits per heavy atom. The van der Waals surface area contributed by atoms with Crippen LogP contribution in [0.25, 0.3) is 0 Å². The van der Waals surface area contributed by atoms with E-state index >= 15 is 0 Å². The maximum absolute atomic E-state index is 12.5. The van der Waals surface area contributed by atoms with Crippen molar-refractivity contribution in [2.75, 3.05) is 13.1 Å². The van der Waals surface area contributed by atoms with E-state index in [1.807, 2.05) is 4.90 Å². The van der Waals surface area contributed by atoms with E-state index in [1.54, 1.807) is 42.6 Å². The second kappa shape index (κ2) is 6.75. The van der Waals surface area contributed by atoms with E-state index in [0.717, 1.165) is 19.4 Å². The molecule has 1 aliphatic heterocycles. The number of likely N-dealkylation sites (tertiary alicyclic amines) is 1. The van der Waals surface area contributed by atoms with Gasteiger partial charge in [-0.25, -0.2) is 0 Å². The van der Waals surface area contributed by atoms with Crippen LogP contribution in [0.4, 0.5) is 0 Å². The fraction of sp³-hybridized carbons (Fsp3) is 0.312. The predicted octanol–water partition coefficient (Wildman–Crippen LogP) is 2.81. The summed E-state index contributed by atoms with van der Waals surface area (Å²) in [5.74, 6) is 0.498. The number of benzene rings is 1. The van der Waals surface area contributed by atoms with Gasteiger partial charge in [0.15, 0.2) is 0 Å². The van der Waals surface area contributed by atoms with Crippen molar-refractivity contribution in [3.8, 4) is 5.88 Å². The zero-order valence-electron chi connectivity index (χ0n) is 12.0. The number of hydrogen-bond donors (Lipinski definition) is 0. The van der Waals surface area contributed by atoms with Crippen molar-refractivity contribution in [2.45, 2.75) is 18.9 Å². The van der Waals surface area contributed by atoms with Crippen LogP contribution in [0.2, 0.25) is 5.02 Å². The highest BCUT2D eigenvalue weighted by atomic mass is 35.5. The molecular weight excluding hydrogens is 302 g/mol. The van der Waals surface area contributed by atoms with E-state index in [9.17, 15) is 4.79 Å². The molecule has 0 saturated carbocycles. The normalized spacial score (nSPS) is 18.0. The molecule has 0 spiro atoms. The number of amides is 1. The minimum atomic E-state index is -0.0540. The fourth-order valence-electron chi connectivity index (χ4n) is 2.51. The van der Waals surface area contributed by atoms with E-state index in [4.69, 9.17) is 16.3 Å². The molecule has 6 heteroatoms. The molecule has 0 bridgehead atoms. The number of carbonyl (C=O) groups excluding carboxylic acids is 1.